The first kappa shape index (κ1) is 14.7. The second kappa shape index (κ2) is 6.67. The Bertz CT molecular complexity index is 473. The highest BCUT2D eigenvalue weighted by atomic mass is 16.6. The van der Waals surface area contributed by atoms with Crippen molar-refractivity contribution in [3.63, 3.8) is 0 Å². The molecular formula is C14H21N3O3. The number of nitro groups is 1. The van der Waals surface area contributed by atoms with Gasteiger partial charge in [0.05, 0.1) is 18.1 Å². The number of nitrogens with zero attached hydrogens (tertiary/aromatic N) is 2. The summed E-state index contributed by atoms with van der Waals surface area (Å²) in [6.45, 7) is 8.19. The Morgan fingerprint density at radius 3 is 2.80 bits per heavy atom. The summed E-state index contributed by atoms with van der Waals surface area (Å²) in [5.74, 6) is 0. The molecule has 1 aromatic rings. The van der Waals surface area contributed by atoms with Gasteiger partial charge in [0.15, 0.2) is 0 Å². The van der Waals surface area contributed by atoms with Crippen molar-refractivity contribution in [3.8, 4) is 0 Å². The van der Waals surface area contributed by atoms with E-state index in [0.717, 1.165) is 38.4 Å². The maximum absolute atomic E-state index is 11.0. The van der Waals surface area contributed by atoms with Gasteiger partial charge in [-0.3, -0.25) is 15.0 Å². The maximum atomic E-state index is 11.0. The van der Waals surface area contributed by atoms with Gasteiger partial charge in [-0.15, -0.1) is 0 Å². The molecule has 1 aliphatic heterocycles. The Balaban J connectivity index is 2.00. The molecule has 0 saturated carbocycles. The van der Waals surface area contributed by atoms with Gasteiger partial charge in [-0.2, -0.15) is 0 Å². The molecule has 1 unspecified atom stereocenters. The van der Waals surface area contributed by atoms with Gasteiger partial charge in [-0.25, -0.2) is 0 Å². The third kappa shape index (κ3) is 3.91. The number of hydrogen-bond donors (Lipinski definition) is 1. The number of hydrogen-bond acceptors (Lipinski definition) is 5. The summed E-state index contributed by atoms with van der Waals surface area (Å²) in [4.78, 5) is 13.0. The van der Waals surface area contributed by atoms with Crippen LogP contribution in [0.25, 0.3) is 0 Å². The second-order valence-corrected chi connectivity index (χ2v) is 5.24. The van der Waals surface area contributed by atoms with E-state index in [0.29, 0.717) is 5.69 Å². The monoisotopic (exact) mass is 279 g/mol. The zero-order chi connectivity index (χ0) is 14.5. The third-order valence-electron chi connectivity index (χ3n) is 3.39. The van der Waals surface area contributed by atoms with Crippen LogP contribution in [0.15, 0.2) is 18.2 Å². The van der Waals surface area contributed by atoms with Gasteiger partial charge in [0.1, 0.15) is 5.69 Å². The standard InChI is InChI=1S/C14H21N3O3/c1-11-3-4-14(17(18)19)13(9-11)15-12(2)10-16-5-7-20-8-6-16/h3-4,9,12,15H,5-8,10H2,1-2H3. The summed E-state index contributed by atoms with van der Waals surface area (Å²) >= 11 is 0. The van der Waals surface area contributed by atoms with E-state index in [4.69, 9.17) is 4.74 Å². The summed E-state index contributed by atoms with van der Waals surface area (Å²) < 4.78 is 5.31. The van der Waals surface area contributed by atoms with Crippen LogP contribution in [0.4, 0.5) is 11.4 Å². The molecular weight excluding hydrogens is 258 g/mol. The third-order valence-corrected chi connectivity index (χ3v) is 3.39. The lowest BCUT2D eigenvalue weighted by atomic mass is 10.1. The second-order valence-electron chi connectivity index (χ2n) is 5.24. The van der Waals surface area contributed by atoms with Crippen LogP contribution in [0.5, 0.6) is 0 Å². The quantitative estimate of drug-likeness (QED) is 0.660. The minimum atomic E-state index is -0.344. The predicted octanol–water partition coefficient (Wildman–Crippen LogP) is 2.04. The summed E-state index contributed by atoms with van der Waals surface area (Å²) in [5, 5.41) is 14.3. The summed E-state index contributed by atoms with van der Waals surface area (Å²) in [5.41, 5.74) is 1.73. The highest BCUT2D eigenvalue weighted by Gasteiger charge is 2.18. The van der Waals surface area contributed by atoms with E-state index in [2.05, 4.69) is 10.2 Å². The topological polar surface area (TPSA) is 67.6 Å². The fourth-order valence-electron chi connectivity index (χ4n) is 2.41. The minimum absolute atomic E-state index is 0.129. The van der Waals surface area contributed by atoms with Crippen molar-refractivity contribution < 1.29 is 9.66 Å². The molecule has 0 radical (unpaired) electrons. The van der Waals surface area contributed by atoms with Crippen molar-refractivity contribution in [2.75, 3.05) is 38.2 Å². The van der Waals surface area contributed by atoms with E-state index >= 15 is 0 Å². The van der Waals surface area contributed by atoms with Gasteiger partial charge < -0.3 is 10.1 Å². The average molecular weight is 279 g/mol. The number of aryl methyl sites for hydroxylation is 1. The van der Waals surface area contributed by atoms with Crippen molar-refractivity contribution in [2.24, 2.45) is 0 Å². The molecule has 1 fully saturated rings. The number of nitrogens with one attached hydrogen (secondary N) is 1. The molecule has 110 valence electrons. The van der Waals surface area contributed by atoms with Gasteiger partial charge in [-0.05, 0) is 25.5 Å². The van der Waals surface area contributed by atoms with E-state index < -0.39 is 0 Å². The first-order valence-electron chi connectivity index (χ1n) is 6.88. The molecule has 0 amide bonds. The van der Waals surface area contributed by atoms with E-state index in [9.17, 15) is 10.1 Å². The number of benzene rings is 1. The summed E-state index contributed by atoms with van der Waals surface area (Å²) in [7, 11) is 0. The normalized spacial score (nSPS) is 17.7. The number of anilines is 1. The molecule has 0 aromatic heterocycles. The number of rotatable bonds is 5. The number of nitro benzene ring substituents is 1. The van der Waals surface area contributed by atoms with Gasteiger partial charge in [0, 0.05) is 31.7 Å². The van der Waals surface area contributed by atoms with Crippen molar-refractivity contribution in [1.82, 2.24) is 4.90 Å². The largest absolute Gasteiger partial charge is 0.379 e. The molecule has 6 heteroatoms. The average Bonchev–Trinajstić information content (AvgIpc) is 2.39. The number of ether oxygens (including phenoxy) is 1. The lowest BCUT2D eigenvalue weighted by Gasteiger charge is -2.29. The zero-order valence-corrected chi connectivity index (χ0v) is 12.0. The lowest BCUT2D eigenvalue weighted by Crippen LogP contribution is -2.42. The summed E-state index contributed by atoms with van der Waals surface area (Å²) in [6.07, 6.45) is 0. The van der Waals surface area contributed by atoms with Crippen LogP contribution in [0.3, 0.4) is 0 Å². The van der Waals surface area contributed by atoms with E-state index in [1.807, 2.05) is 19.9 Å². The van der Waals surface area contributed by atoms with E-state index in [1.165, 1.54) is 0 Å². The molecule has 1 atom stereocenters. The first-order valence-corrected chi connectivity index (χ1v) is 6.88. The molecule has 2 rings (SSSR count). The Labute approximate surface area is 118 Å². The zero-order valence-electron chi connectivity index (χ0n) is 12.0. The van der Waals surface area contributed by atoms with Gasteiger partial charge >= 0.3 is 0 Å². The van der Waals surface area contributed by atoms with Crippen LogP contribution in [0.2, 0.25) is 0 Å². The van der Waals surface area contributed by atoms with Crippen LogP contribution in [-0.2, 0) is 4.74 Å². The molecule has 1 heterocycles. The van der Waals surface area contributed by atoms with Crippen molar-refractivity contribution in [3.05, 3.63) is 33.9 Å². The molecule has 6 nitrogen and oxygen atoms in total. The first-order chi connectivity index (χ1) is 9.56. The molecule has 20 heavy (non-hydrogen) atoms. The Hall–Kier alpha value is -1.66. The SMILES string of the molecule is Cc1ccc([N+](=O)[O-])c(NC(C)CN2CCOCC2)c1. The van der Waals surface area contributed by atoms with Gasteiger partial charge in [-0.1, -0.05) is 6.07 Å². The van der Waals surface area contributed by atoms with Crippen LogP contribution < -0.4 is 5.32 Å². The highest BCUT2D eigenvalue weighted by molar-refractivity contribution is 5.63. The van der Waals surface area contributed by atoms with Crippen LogP contribution in [0.1, 0.15) is 12.5 Å². The fraction of sp³-hybridized carbons (Fsp3) is 0.571. The Morgan fingerprint density at radius 2 is 2.15 bits per heavy atom. The molecule has 0 aliphatic carbocycles. The van der Waals surface area contributed by atoms with Crippen molar-refractivity contribution >= 4 is 11.4 Å². The van der Waals surface area contributed by atoms with Crippen LogP contribution in [0, 0.1) is 17.0 Å². The van der Waals surface area contributed by atoms with Crippen LogP contribution >= 0.6 is 0 Å². The molecule has 1 N–H and O–H groups in total. The molecule has 1 saturated heterocycles. The predicted molar refractivity (Wildman–Crippen MR) is 78.2 cm³/mol. The molecule has 1 aromatic carbocycles. The molecule has 1 aliphatic rings. The Kier molecular flexibility index (Phi) is 4.92. The van der Waals surface area contributed by atoms with Gasteiger partial charge in [0.25, 0.3) is 5.69 Å². The van der Waals surface area contributed by atoms with E-state index in [-0.39, 0.29) is 16.7 Å². The van der Waals surface area contributed by atoms with Crippen molar-refractivity contribution in [1.29, 1.82) is 0 Å². The smallest absolute Gasteiger partial charge is 0.292 e. The fourth-order valence-corrected chi connectivity index (χ4v) is 2.41. The number of morpholine rings is 1. The minimum Gasteiger partial charge on any atom is -0.379 e. The van der Waals surface area contributed by atoms with Gasteiger partial charge in [0.2, 0.25) is 0 Å². The van der Waals surface area contributed by atoms with E-state index in [1.54, 1.807) is 12.1 Å². The highest BCUT2D eigenvalue weighted by Crippen LogP contribution is 2.25. The van der Waals surface area contributed by atoms with Crippen molar-refractivity contribution in [2.45, 2.75) is 19.9 Å². The molecule has 0 bridgehead atoms. The molecule has 0 spiro atoms. The maximum Gasteiger partial charge on any atom is 0.292 e. The van der Waals surface area contributed by atoms with Crippen LogP contribution in [-0.4, -0.2) is 48.7 Å². The lowest BCUT2D eigenvalue weighted by molar-refractivity contribution is -0.384. The Morgan fingerprint density at radius 1 is 1.45 bits per heavy atom. The summed E-state index contributed by atoms with van der Waals surface area (Å²) in [6, 6.07) is 5.29.